The van der Waals surface area contributed by atoms with Crippen LogP contribution in [-0.2, 0) is 11.2 Å². The predicted octanol–water partition coefficient (Wildman–Crippen LogP) is 2.64. The number of carbonyl (C=O) groups excluding carboxylic acids is 1. The monoisotopic (exact) mass is 343 g/mol. The van der Waals surface area contributed by atoms with Gasteiger partial charge in [0, 0.05) is 25.7 Å². The molecule has 0 aromatic heterocycles. The standard InChI is InChI=1S/C21H33N3O/c1-22-13-7-14-23(17-16-22)18-21(25)24-15-6-5-10-20(24)12-11-19-8-3-2-4-9-19/h2-4,8-9,20H,5-7,10-18H2,1H3. The van der Waals surface area contributed by atoms with Gasteiger partial charge in [0.05, 0.1) is 6.54 Å². The summed E-state index contributed by atoms with van der Waals surface area (Å²) >= 11 is 0. The van der Waals surface area contributed by atoms with Crippen LogP contribution in [0.2, 0.25) is 0 Å². The zero-order chi connectivity index (χ0) is 17.5. The van der Waals surface area contributed by atoms with Gasteiger partial charge in [-0.25, -0.2) is 0 Å². The number of hydrogen-bond donors (Lipinski definition) is 0. The first-order chi connectivity index (χ1) is 12.2. The molecule has 3 rings (SSSR count). The topological polar surface area (TPSA) is 26.8 Å². The van der Waals surface area contributed by atoms with E-state index in [1.807, 2.05) is 0 Å². The quantitative estimate of drug-likeness (QED) is 0.822. The lowest BCUT2D eigenvalue weighted by molar-refractivity contribution is -0.136. The highest BCUT2D eigenvalue weighted by atomic mass is 16.2. The molecule has 138 valence electrons. The second-order valence-corrected chi connectivity index (χ2v) is 7.69. The van der Waals surface area contributed by atoms with Crippen molar-refractivity contribution in [3.63, 3.8) is 0 Å². The maximum Gasteiger partial charge on any atom is 0.236 e. The van der Waals surface area contributed by atoms with Crippen molar-refractivity contribution in [3.05, 3.63) is 35.9 Å². The lowest BCUT2D eigenvalue weighted by Gasteiger charge is -2.37. The summed E-state index contributed by atoms with van der Waals surface area (Å²) in [5, 5.41) is 0. The van der Waals surface area contributed by atoms with Crippen molar-refractivity contribution in [3.8, 4) is 0 Å². The number of nitrogens with zero attached hydrogens (tertiary/aromatic N) is 3. The number of benzene rings is 1. The molecule has 2 fully saturated rings. The van der Waals surface area contributed by atoms with Crippen molar-refractivity contribution < 1.29 is 4.79 Å². The first-order valence-electron chi connectivity index (χ1n) is 9.96. The highest BCUT2D eigenvalue weighted by Gasteiger charge is 2.27. The fraction of sp³-hybridized carbons (Fsp3) is 0.667. The maximum absolute atomic E-state index is 13.0. The molecule has 0 aliphatic carbocycles. The summed E-state index contributed by atoms with van der Waals surface area (Å²) < 4.78 is 0. The minimum atomic E-state index is 0.349. The van der Waals surface area contributed by atoms with Crippen molar-refractivity contribution in [2.24, 2.45) is 0 Å². The van der Waals surface area contributed by atoms with Crippen LogP contribution in [0.4, 0.5) is 0 Å². The second kappa shape index (κ2) is 9.35. The van der Waals surface area contributed by atoms with Crippen molar-refractivity contribution >= 4 is 5.91 Å². The molecule has 1 atom stereocenters. The van der Waals surface area contributed by atoms with Crippen LogP contribution in [0.5, 0.6) is 0 Å². The third-order valence-corrected chi connectivity index (χ3v) is 5.73. The van der Waals surface area contributed by atoms with Crippen LogP contribution in [0.15, 0.2) is 30.3 Å². The Morgan fingerprint density at radius 2 is 1.84 bits per heavy atom. The lowest BCUT2D eigenvalue weighted by atomic mass is 9.95. The normalized spacial score (nSPS) is 23.4. The Morgan fingerprint density at radius 3 is 2.68 bits per heavy atom. The average molecular weight is 344 g/mol. The minimum absolute atomic E-state index is 0.349. The minimum Gasteiger partial charge on any atom is -0.339 e. The van der Waals surface area contributed by atoms with E-state index in [0.717, 1.165) is 52.0 Å². The van der Waals surface area contributed by atoms with Crippen LogP contribution >= 0.6 is 0 Å². The molecule has 2 aliphatic rings. The van der Waals surface area contributed by atoms with E-state index >= 15 is 0 Å². The van der Waals surface area contributed by atoms with Gasteiger partial charge in [0.25, 0.3) is 0 Å². The molecule has 2 heterocycles. The summed E-state index contributed by atoms with van der Waals surface area (Å²) in [7, 11) is 2.18. The number of amides is 1. The largest absolute Gasteiger partial charge is 0.339 e. The molecule has 1 aromatic rings. The molecular formula is C21H33N3O. The van der Waals surface area contributed by atoms with E-state index in [4.69, 9.17) is 0 Å². The molecule has 4 nitrogen and oxygen atoms in total. The molecule has 0 radical (unpaired) electrons. The molecule has 1 unspecified atom stereocenters. The summed E-state index contributed by atoms with van der Waals surface area (Å²) in [6.45, 7) is 5.85. The highest BCUT2D eigenvalue weighted by Crippen LogP contribution is 2.22. The molecule has 1 amide bonds. The third-order valence-electron chi connectivity index (χ3n) is 5.73. The fourth-order valence-electron chi connectivity index (χ4n) is 4.15. The van der Waals surface area contributed by atoms with Gasteiger partial charge in [0.1, 0.15) is 0 Å². The van der Waals surface area contributed by atoms with E-state index in [1.54, 1.807) is 0 Å². The van der Waals surface area contributed by atoms with Crippen LogP contribution in [0.1, 0.15) is 37.7 Å². The van der Waals surface area contributed by atoms with Gasteiger partial charge in [-0.2, -0.15) is 0 Å². The van der Waals surface area contributed by atoms with Crippen LogP contribution in [0.25, 0.3) is 0 Å². The number of piperidine rings is 1. The molecule has 1 aromatic carbocycles. The Balaban J connectivity index is 1.53. The van der Waals surface area contributed by atoms with Gasteiger partial charge in [0.15, 0.2) is 0 Å². The van der Waals surface area contributed by atoms with Gasteiger partial charge in [-0.1, -0.05) is 30.3 Å². The number of aryl methyl sites for hydroxylation is 1. The van der Waals surface area contributed by atoms with Crippen molar-refractivity contribution in [2.45, 2.75) is 44.6 Å². The Kier molecular flexibility index (Phi) is 6.88. The van der Waals surface area contributed by atoms with E-state index in [-0.39, 0.29) is 0 Å². The molecule has 2 saturated heterocycles. The first kappa shape index (κ1) is 18.4. The Bertz CT molecular complexity index is 533. The summed E-state index contributed by atoms with van der Waals surface area (Å²) in [6.07, 6.45) is 6.93. The maximum atomic E-state index is 13.0. The van der Waals surface area contributed by atoms with E-state index in [0.29, 0.717) is 18.5 Å². The van der Waals surface area contributed by atoms with E-state index < -0.39 is 0 Å². The highest BCUT2D eigenvalue weighted by molar-refractivity contribution is 5.78. The molecule has 0 N–H and O–H groups in total. The van der Waals surface area contributed by atoms with Crippen molar-refractivity contribution in [1.29, 1.82) is 0 Å². The van der Waals surface area contributed by atoms with E-state index in [9.17, 15) is 4.79 Å². The van der Waals surface area contributed by atoms with Crippen molar-refractivity contribution in [2.75, 3.05) is 46.3 Å². The summed E-state index contributed by atoms with van der Waals surface area (Å²) in [6, 6.07) is 11.1. The molecule has 4 heteroatoms. The van der Waals surface area contributed by atoms with Crippen LogP contribution < -0.4 is 0 Å². The smallest absolute Gasteiger partial charge is 0.236 e. The molecule has 0 bridgehead atoms. The van der Waals surface area contributed by atoms with Gasteiger partial charge in [-0.3, -0.25) is 9.69 Å². The fourth-order valence-corrected chi connectivity index (χ4v) is 4.15. The van der Waals surface area contributed by atoms with Gasteiger partial charge in [0.2, 0.25) is 5.91 Å². The number of likely N-dealkylation sites (tertiary alicyclic amines) is 1. The second-order valence-electron chi connectivity index (χ2n) is 7.69. The van der Waals surface area contributed by atoms with Crippen LogP contribution in [0, 0.1) is 0 Å². The molecule has 2 aliphatic heterocycles. The van der Waals surface area contributed by atoms with Crippen LogP contribution in [0.3, 0.4) is 0 Å². The summed E-state index contributed by atoms with van der Waals surface area (Å²) in [5.74, 6) is 0.349. The number of carbonyl (C=O) groups is 1. The van der Waals surface area contributed by atoms with Gasteiger partial charge < -0.3 is 9.80 Å². The van der Waals surface area contributed by atoms with E-state index in [2.05, 4.69) is 52.1 Å². The van der Waals surface area contributed by atoms with Gasteiger partial charge in [-0.05, 0) is 64.2 Å². The molecular weight excluding hydrogens is 310 g/mol. The lowest BCUT2D eigenvalue weighted by Crippen LogP contribution is -2.48. The Hall–Kier alpha value is -1.39. The first-order valence-corrected chi connectivity index (χ1v) is 9.96. The molecule has 0 saturated carbocycles. The third kappa shape index (κ3) is 5.55. The predicted molar refractivity (Wildman–Crippen MR) is 103 cm³/mol. The van der Waals surface area contributed by atoms with Crippen LogP contribution in [-0.4, -0.2) is 73.0 Å². The number of likely N-dealkylation sites (N-methyl/N-ethyl adjacent to an activating group) is 1. The number of rotatable bonds is 5. The zero-order valence-corrected chi connectivity index (χ0v) is 15.7. The summed E-state index contributed by atoms with van der Waals surface area (Å²) in [5.41, 5.74) is 1.39. The molecule has 0 spiro atoms. The van der Waals surface area contributed by atoms with E-state index in [1.165, 1.54) is 24.8 Å². The Morgan fingerprint density at radius 1 is 1.00 bits per heavy atom. The SMILES string of the molecule is CN1CCCN(CC(=O)N2CCCCC2CCc2ccccc2)CC1. The summed E-state index contributed by atoms with van der Waals surface area (Å²) in [4.78, 5) is 19.9. The molecule has 25 heavy (non-hydrogen) atoms. The average Bonchev–Trinajstić information content (AvgIpc) is 2.85. The Labute approximate surface area is 152 Å². The number of hydrogen-bond acceptors (Lipinski definition) is 3. The van der Waals surface area contributed by atoms with Crippen molar-refractivity contribution in [1.82, 2.24) is 14.7 Å². The zero-order valence-electron chi connectivity index (χ0n) is 15.7. The van der Waals surface area contributed by atoms with Gasteiger partial charge >= 0.3 is 0 Å². The van der Waals surface area contributed by atoms with Gasteiger partial charge in [-0.15, -0.1) is 0 Å².